The van der Waals surface area contributed by atoms with Gasteiger partial charge in [-0.1, -0.05) is 12.1 Å². The van der Waals surface area contributed by atoms with Gasteiger partial charge < -0.3 is 10.6 Å². The Morgan fingerprint density at radius 1 is 1.59 bits per heavy atom. The lowest BCUT2D eigenvalue weighted by atomic mass is 10.2. The monoisotopic (exact) mass is 236 g/mol. The van der Waals surface area contributed by atoms with Gasteiger partial charge in [0.2, 0.25) is 5.91 Å². The fourth-order valence-corrected chi connectivity index (χ4v) is 1.36. The molecule has 1 amide bonds. The van der Waals surface area contributed by atoms with Crippen LogP contribution in [-0.2, 0) is 4.79 Å². The Morgan fingerprint density at radius 3 is 2.88 bits per heavy atom. The highest BCUT2D eigenvalue weighted by Gasteiger charge is 2.13. The molecule has 0 aliphatic heterocycles. The molecular weight excluding hydrogens is 219 g/mol. The summed E-state index contributed by atoms with van der Waals surface area (Å²) in [5.74, 6) is -0.543. The van der Waals surface area contributed by atoms with E-state index in [1.807, 2.05) is 6.92 Å². The molecule has 0 aliphatic carbocycles. The summed E-state index contributed by atoms with van der Waals surface area (Å²) < 4.78 is 13.5. The third-order valence-electron chi connectivity index (χ3n) is 2.31. The largest absolute Gasteiger partial charge is 0.372 e. The van der Waals surface area contributed by atoms with E-state index in [9.17, 15) is 9.18 Å². The molecule has 0 fully saturated rings. The van der Waals surface area contributed by atoms with E-state index in [4.69, 9.17) is 0 Å². The Hall–Kier alpha value is -1.84. The average molecular weight is 236 g/mol. The molecule has 92 valence electrons. The van der Waals surface area contributed by atoms with E-state index in [0.29, 0.717) is 12.2 Å². The van der Waals surface area contributed by atoms with Crippen LogP contribution in [-0.4, -0.2) is 18.5 Å². The zero-order valence-corrected chi connectivity index (χ0v) is 10.1. The Labute approximate surface area is 101 Å². The van der Waals surface area contributed by atoms with Gasteiger partial charge in [-0.25, -0.2) is 4.39 Å². The maximum Gasteiger partial charge on any atom is 0.242 e. The predicted molar refractivity (Wildman–Crippen MR) is 67.4 cm³/mol. The normalized spacial score (nSPS) is 11.7. The number of nitrogens with one attached hydrogen (secondary N) is 2. The highest BCUT2D eigenvalue weighted by atomic mass is 19.1. The van der Waals surface area contributed by atoms with Crippen molar-refractivity contribution in [2.75, 3.05) is 11.9 Å². The lowest BCUT2D eigenvalue weighted by Gasteiger charge is -2.15. The average Bonchev–Trinajstić information content (AvgIpc) is 2.29. The van der Waals surface area contributed by atoms with E-state index in [1.165, 1.54) is 6.07 Å². The summed E-state index contributed by atoms with van der Waals surface area (Å²) in [7, 11) is 0. The van der Waals surface area contributed by atoms with Gasteiger partial charge in [0, 0.05) is 6.54 Å². The number of anilines is 1. The number of hydrogen-bond acceptors (Lipinski definition) is 2. The molecule has 1 aromatic rings. The van der Waals surface area contributed by atoms with Crippen molar-refractivity contribution in [2.24, 2.45) is 0 Å². The molecule has 4 heteroatoms. The fraction of sp³-hybridized carbons (Fsp3) is 0.308. The summed E-state index contributed by atoms with van der Waals surface area (Å²) in [5.41, 5.74) is 1.17. The first-order chi connectivity index (χ1) is 8.04. The van der Waals surface area contributed by atoms with Gasteiger partial charge in [0.25, 0.3) is 0 Å². The van der Waals surface area contributed by atoms with Gasteiger partial charge in [0.05, 0.1) is 5.69 Å². The minimum atomic E-state index is -0.493. The first-order valence-corrected chi connectivity index (χ1v) is 5.46. The second-order valence-electron chi connectivity index (χ2n) is 3.88. The van der Waals surface area contributed by atoms with Crippen molar-refractivity contribution in [3.05, 3.63) is 42.2 Å². The molecule has 0 saturated heterocycles. The molecule has 1 rings (SSSR count). The molecule has 0 bridgehead atoms. The molecule has 1 atom stereocenters. The Morgan fingerprint density at radius 2 is 2.29 bits per heavy atom. The second kappa shape index (κ2) is 6.03. The van der Waals surface area contributed by atoms with Crippen molar-refractivity contribution >= 4 is 11.6 Å². The summed E-state index contributed by atoms with van der Waals surface area (Å²) in [4.78, 5) is 11.5. The Balaban J connectivity index is 2.64. The lowest BCUT2D eigenvalue weighted by molar-refractivity contribution is -0.121. The molecule has 1 unspecified atom stereocenters. The summed E-state index contributed by atoms with van der Waals surface area (Å²) in [6.45, 7) is 7.40. The quantitative estimate of drug-likeness (QED) is 0.770. The van der Waals surface area contributed by atoms with Crippen LogP contribution < -0.4 is 10.6 Å². The summed E-state index contributed by atoms with van der Waals surface area (Å²) >= 11 is 0. The van der Waals surface area contributed by atoms with Crippen molar-refractivity contribution in [3.63, 3.8) is 0 Å². The second-order valence-corrected chi connectivity index (χ2v) is 3.88. The number of rotatable bonds is 5. The van der Waals surface area contributed by atoms with Crippen LogP contribution in [0.5, 0.6) is 0 Å². The topological polar surface area (TPSA) is 41.1 Å². The van der Waals surface area contributed by atoms with E-state index in [2.05, 4.69) is 17.2 Å². The van der Waals surface area contributed by atoms with Crippen LogP contribution >= 0.6 is 0 Å². The molecule has 2 N–H and O–H groups in total. The van der Waals surface area contributed by atoms with Crippen LogP contribution in [0.2, 0.25) is 0 Å². The molecule has 0 aliphatic rings. The molecule has 0 radical (unpaired) electrons. The zero-order valence-electron chi connectivity index (χ0n) is 10.1. The summed E-state index contributed by atoms with van der Waals surface area (Å²) in [6, 6.07) is 4.35. The molecule has 0 heterocycles. The smallest absolute Gasteiger partial charge is 0.242 e. The van der Waals surface area contributed by atoms with Gasteiger partial charge in [-0.15, -0.1) is 6.58 Å². The highest BCUT2D eigenvalue weighted by Crippen LogP contribution is 2.16. The van der Waals surface area contributed by atoms with E-state index in [1.54, 1.807) is 25.1 Å². The molecular formula is C13H17FN2O. The number of hydrogen-bond donors (Lipinski definition) is 2. The van der Waals surface area contributed by atoms with Gasteiger partial charge in [-0.05, 0) is 31.5 Å². The van der Waals surface area contributed by atoms with Crippen molar-refractivity contribution in [1.29, 1.82) is 0 Å². The zero-order chi connectivity index (χ0) is 12.8. The first kappa shape index (κ1) is 13.2. The first-order valence-electron chi connectivity index (χ1n) is 5.46. The molecule has 3 nitrogen and oxygen atoms in total. The van der Waals surface area contributed by atoms with Crippen LogP contribution in [0.3, 0.4) is 0 Å². The number of benzene rings is 1. The van der Waals surface area contributed by atoms with Gasteiger partial charge in [-0.2, -0.15) is 0 Å². The van der Waals surface area contributed by atoms with Gasteiger partial charge in [0.15, 0.2) is 0 Å². The number of amides is 1. The molecule has 1 aromatic carbocycles. The van der Waals surface area contributed by atoms with Crippen LogP contribution in [0.4, 0.5) is 10.1 Å². The van der Waals surface area contributed by atoms with Gasteiger partial charge in [-0.3, -0.25) is 4.79 Å². The minimum absolute atomic E-state index is 0.190. The molecule has 17 heavy (non-hydrogen) atoms. The lowest BCUT2D eigenvalue weighted by Crippen LogP contribution is -2.37. The number of halogens is 1. The Kier molecular flexibility index (Phi) is 4.69. The van der Waals surface area contributed by atoms with Crippen molar-refractivity contribution in [1.82, 2.24) is 5.32 Å². The van der Waals surface area contributed by atoms with E-state index in [0.717, 1.165) is 5.56 Å². The van der Waals surface area contributed by atoms with Crippen LogP contribution in [0.15, 0.2) is 30.9 Å². The van der Waals surface area contributed by atoms with Crippen LogP contribution in [0, 0.1) is 12.7 Å². The number of carbonyl (C=O) groups is 1. The molecule has 0 spiro atoms. The summed E-state index contributed by atoms with van der Waals surface area (Å²) in [5, 5.41) is 5.47. The molecule has 0 aromatic heterocycles. The van der Waals surface area contributed by atoms with Gasteiger partial charge in [0.1, 0.15) is 11.9 Å². The van der Waals surface area contributed by atoms with Crippen molar-refractivity contribution in [2.45, 2.75) is 19.9 Å². The number of aryl methyl sites for hydroxylation is 1. The maximum absolute atomic E-state index is 13.5. The van der Waals surface area contributed by atoms with E-state index in [-0.39, 0.29) is 11.7 Å². The third-order valence-corrected chi connectivity index (χ3v) is 2.31. The molecule has 0 saturated carbocycles. The standard InChI is InChI=1S/C13H17FN2O/c1-4-7-15-13(17)10(3)16-12-6-5-9(2)8-11(12)14/h4-6,8,10,16H,1,7H2,2-3H3,(H,15,17). The fourth-order valence-electron chi connectivity index (χ4n) is 1.36. The van der Waals surface area contributed by atoms with Crippen LogP contribution in [0.25, 0.3) is 0 Å². The third kappa shape index (κ3) is 3.90. The number of carbonyl (C=O) groups excluding carboxylic acids is 1. The van der Waals surface area contributed by atoms with E-state index >= 15 is 0 Å². The van der Waals surface area contributed by atoms with E-state index < -0.39 is 6.04 Å². The van der Waals surface area contributed by atoms with Crippen LogP contribution in [0.1, 0.15) is 12.5 Å². The van der Waals surface area contributed by atoms with Crippen molar-refractivity contribution < 1.29 is 9.18 Å². The summed E-state index contributed by atoms with van der Waals surface area (Å²) in [6.07, 6.45) is 1.59. The van der Waals surface area contributed by atoms with Crippen molar-refractivity contribution in [3.8, 4) is 0 Å². The predicted octanol–water partition coefficient (Wildman–Crippen LogP) is 2.24. The SMILES string of the molecule is C=CCNC(=O)C(C)Nc1ccc(C)cc1F. The highest BCUT2D eigenvalue weighted by molar-refractivity contribution is 5.84. The van der Waals surface area contributed by atoms with Gasteiger partial charge >= 0.3 is 0 Å². The Bertz CT molecular complexity index is 418. The maximum atomic E-state index is 13.5. The minimum Gasteiger partial charge on any atom is -0.372 e.